The molecule has 90 valence electrons. The molecule has 2 N–H and O–H groups in total. The van der Waals surface area contributed by atoms with E-state index in [0.717, 1.165) is 23.7 Å². The normalized spacial score (nSPS) is 12.4. The van der Waals surface area contributed by atoms with E-state index in [2.05, 4.69) is 13.8 Å². The molecule has 0 amide bonds. The van der Waals surface area contributed by atoms with Crippen LogP contribution in [0.25, 0.3) is 0 Å². The van der Waals surface area contributed by atoms with Gasteiger partial charge in [0.05, 0.1) is 6.61 Å². The Kier molecular flexibility index (Phi) is 6.34. The van der Waals surface area contributed by atoms with Crippen molar-refractivity contribution in [3.05, 3.63) is 29.8 Å². The summed E-state index contributed by atoms with van der Waals surface area (Å²) < 4.78 is 5.72. The lowest BCUT2D eigenvalue weighted by Gasteiger charge is -2.11. The molecule has 0 spiro atoms. The van der Waals surface area contributed by atoms with Gasteiger partial charge in [-0.2, -0.15) is 11.8 Å². The topological polar surface area (TPSA) is 35.2 Å². The molecule has 16 heavy (non-hydrogen) atoms. The highest BCUT2D eigenvalue weighted by atomic mass is 32.2. The summed E-state index contributed by atoms with van der Waals surface area (Å²) >= 11 is 1.95. The number of rotatable bonds is 7. The summed E-state index contributed by atoms with van der Waals surface area (Å²) in [5.41, 5.74) is 6.72. The molecule has 0 aliphatic heterocycles. The first kappa shape index (κ1) is 13.4. The highest BCUT2D eigenvalue weighted by Crippen LogP contribution is 2.18. The van der Waals surface area contributed by atoms with Gasteiger partial charge in [-0.3, -0.25) is 0 Å². The fourth-order valence-electron chi connectivity index (χ4n) is 1.33. The highest BCUT2D eigenvalue weighted by molar-refractivity contribution is 7.99. The molecule has 1 aromatic rings. The van der Waals surface area contributed by atoms with Gasteiger partial charge in [0.1, 0.15) is 5.75 Å². The molecule has 2 nitrogen and oxygen atoms in total. The van der Waals surface area contributed by atoms with Gasteiger partial charge in [-0.15, -0.1) is 0 Å². The van der Waals surface area contributed by atoms with Crippen molar-refractivity contribution in [3.8, 4) is 5.75 Å². The summed E-state index contributed by atoms with van der Waals surface area (Å²) in [6.45, 7) is 5.75. The van der Waals surface area contributed by atoms with Crippen molar-refractivity contribution in [2.75, 3.05) is 12.4 Å². The van der Waals surface area contributed by atoms with Crippen LogP contribution in [0, 0.1) is 0 Å². The van der Waals surface area contributed by atoms with E-state index in [9.17, 15) is 0 Å². The second-order valence-electron chi connectivity index (χ2n) is 3.75. The lowest BCUT2D eigenvalue weighted by Crippen LogP contribution is -2.07. The van der Waals surface area contributed by atoms with E-state index >= 15 is 0 Å². The van der Waals surface area contributed by atoms with Crippen LogP contribution in [0.4, 0.5) is 0 Å². The maximum absolute atomic E-state index is 5.72. The smallest absolute Gasteiger partial charge is 0.123 e. The van der Waals surface area contributed by atoms with Crippen molar-refractivity contribution >= 4 is 11.8 Å². The fraction of sp³-hybridized carbons (Fsp3) is 0.538. The molecule has 0 radical (unpaired) electrons. The van der Waals surface area contributed by atoms with Crippen LogP contribution in [-0.2, 0) is 6.54 Å². The lowest BCUT2D eigenvalue weighted by molar-refractivity contribution is 0.340. The Morgan fingerprint density at radius 1 is 1.38 bits per heavy atom. The minimum Gasteiger partial charge on any atom is -0.492 e. The number of hydrogen-bond donors (Lipinski definition) is 1. The van der Waals surface area contributed by atoms with E-state index in [0.29, 0.717) is 11.8 Å². The predicted molar refractivity (Wildman–Crippen MR) is 72.0 cm³/mol. The highest BCUT2D eigenvalue weighted by Gasteiger charge is 2.02. The second kappa shape index (κ2) is 7.58. The van der Waals surface area contributed by atoms with E-state index in [1.165, 1.54) is 6.42 Å². The van der Waals surface area contributed by atoms with E-state index < -0.39 is 0 Å². The molecule has 0 heterocycles. The largest absolute Gasteiger partial charge is 0.492 e. The fourth-order valence-corrected chi connectivity index (χ4v) is 2.15. The molecule has 1 atom stereocenters. The van der Waals surface area contributed by atoms with Crippen LogP contribution >= 0.6 is 11.8 Å². The van der Waals surface area contributed by atoms with Gasteiger partial charge in [0.25, 0.3) is 0 Å². The molecule has 0 aliphatic rings. The van der Waals surface area contributed by atoms with Gasteiger partial charge >= 0.3 is 0 Å². The van der Waals surface area contributed by atoms with Crippen LogP contribution in [0.15, 0.2) is 24.3 Å². The van der Waals surface area contributed by atoms with Crippen LogP contribution < -0.4 is 10.5 Å². The summed E-state index contributed by atoms with van der Waals surface area (Å²) in [6, 6.07) is 7.96. The summed E-state index contributed by atoms with van der Waals surface area (Å²) in [5, 5.41) is 0.716. The van der Waals surface area contributed by atoms with Crippen molar-refractivity contribution in [1.82, 2.24) is 0 Å². The molecule has 0 aromatic heterocycles. The van der Waals surface area contributed by atoms with Crippen molar-refractivity contribution < 1.29 is 4.74 Å². The Balaban J connectivity index is 2.31. The maximum Gasteiger partial charge on any atom is 0.123 e. The quantitative estimate of drug-likeness (QED) is 0.743. The number of hydrogen-bond acceptors (Lipinski definition) is 3. The standard InChI is InChI=1S/C13H21NOS/c1-3-11(2)16-9-8-15-13-7-5-4-6-12(13)10-14/h4-7,11H,3,8-10,14H2,1-2H3. The lowest BCUT2D eigenvalue weighted by atomic mass is 10.2. The number of nitrogens with two attached hydrogens (primary N) is 1. The third-order valence-electron chi connectivity index (χ3n) is 2.51. The molecule has 0 fully saturated rings. The monoisotopic (exact) mass is 239 g/mol. The minimum atomic E-state index is 0.536. The predicted octanol–water partition coefficient (Wildman–Crippen LogP) is 3.06. The Morgan fingerprint density at radius 3 is 2.81 bits per heavy atom. The molecule has 0 aliphatic carbocycles. The van der Waals surface area contributed by atoms with Crippen LogP contribution in [0.3, 0.4) is 0 Å². The number of thioether (sulfide) groups is 1. The van der Waals surface area contributed by atoms with E-state index in [1.807, 2.05) is 36.0 Å². The Morgan fingerprint density at radius 2 is 2.12 bits per heavy atom. The SMILES string of the molecule is CCC(C)SCCOc1ccccc1CN. The van der Waals surface area contributed by atoms with Crippen LogP contribution in [-0.4, -0.2) is 17.6 Å². The molecular formula is C13H21NOS. The van der Waals surface area contributed by atoms with Gasteiger partial charge < -0.3 is 10.5 Å². The minimum absolute atomic E-state index is 0.536. The van der Waals surface area contributed by atoms with Gasteiger partial charge in [0.15, 0.2) is 0 Å². The van der Waals surface area contributed by atoms with E-state index in [4.69, 9.17) is 10.5 Å². The summed E-state index contributed by atoms with van der Waals surface area (Å²) in [4.78, 5) is 0. The maximum atomic E-state index is 5.72. The Labute approximate surface area is 103 Å². The summed E-state index contributed by atoms with van der Waals surface area (Å²) in [7, 11) is 0. The first-order valence-corrected chi connectivity index (χ1v) is 6.85. The molecular weight excluding hydrogens is 218 g/mol. The molecule has 0 saturated heterocycles. The van der Waals surface area contributed by atoms with Gasteiger partial charge in [0, 0.05) is 23.1 Å². The second-order valence-corrected chi connectivity index (χ2v) is 5.30. The molecule has 3 heteroatoms. The summed E-state index contributed by atoms with van der Waals surface area (Å²) in [6.07, 6.45) is 1.21. The summed E-state index contributed by atoms with van der Waals surface area (Å²) in [5.74, 6) is 1.96. The van der Waals surface area contributed by atoms with Gasteiger partial charge in [-0.1, -0.05) is 32.0 Å². The van der Waals surface area contributed by atoms with Crippen molar-refractivity contribution in [1.29, 1.82) is 0 Å². The first-order valence-electron chi connectivity index (χ1n) is 5.80. The third kappa shape index (κ3) is 4.45. The van der Waals surface area contributed by atoms with E-state index in [-0.39, 0.29) is 0 Å². The molecule has 0 saturated carbocycles. The van der Waals surface area contributed by atoms with Crippen molar-refractivity contribution in [2.24, 2.45) is 5.73 Å². The van der Waals surface area contributed by atoms with E-state index in [1.54, 1.807) is 0 Å². The zero-order chi connectivity index (χ0) is 11.8. The van der Waals surface area contributed by atoms with Gasteiger partial charge in [-0.05, 0) is 12.5 Å². The van der Waals surface area contributed by atoms with Crippen LogP contribution in [0.5, 0.6) is 5.75 Å². The van der Waals surface area contributed by atoms with Crippen LogP contribution in [0.1, 0.15) is 25.8 Å². The number of benzene rings is 1. The molecule has 1 unspecified atom stereocenters. The molecule has 1 aromatic carbocycles. The zero-order valence-corrected chi connectivity index (χ0v) is 10.9. The van der Waals surface area contributed by atoms with Gasteiger partial charge in [0.2, 0.25) is 0 Å². The third-order valence-corrected chi connectivity index (χ3v) is 3.82. The number of para-hydroxylation sites is 1. The molecule has 1 rings (SSSR count). The number of ether oxygens (including phenoxy) is 1. The Hall–Kier alpha value is -0.670. The van der Waals surface area contributed by atoms with Crippen molar-refractivity contribution in [3.63, 3.8) is 0 Å². The Bertz CT molecular complexity index is 304. The molecule has 0 bridgehead atoms. The zero-order valence-electron chi connectivity index (χ0n) is 10.1. The van der Waals surface area contributed by atoms with Crippen molar-refractivity contribution in [2.45, 2.75) is 32.1 Å². The van der Waals surface area contributed by atoms with Gasteiger partial charge in [-0.25, -0.2) is 0 Å². The van der Waals surface area contributed by atoms with Crippen LogP contribution in [0.2, 0.25) is 0 Å². The first-order chi connectivity index (χ1) is 7.77. The average Bonchev–Trinajstić information content (AvgIpc) is 2.34. The average molecular weight is 239 g/mol.